The second-order valence-corrected chi connectivity index (χ2v) is 7.50. The van der Waals surface area contributed by atoms with E-state index in [1.54, 1.807) is 44.2 Å². The molecule has 0 fully saturated rings. The second kappa shape index (κ2) is 6.59. The maximum atomic E-state index is 12.5. The number of aromatic nitrogens is 1. The number of para-hydroxylation sites is 1. The lowest BCUT2D eigenvalue weighted by Crippen LogP contribution is -2.42. The van der Waals surface area contributed by atoms with E-state index in [4.69, 9.17) is 27.9 Å². The maximum Gasteiger partial charge on any atom is 0.269 e. The number of nitrogens with zero attached hydrogens (tertiary/aromatic N) is 1. The summed E-state index contributed by atoms with van der Waals surface area (Å²) in [5, 5.41) is 4.44. The number of amides is 1. The van der Waals surface area contributed by atoms with Crippen molar-refractivity contribution in [2.75, 3.05) is 5.32 Å². The highest BCUT2D eigenvalue weighted by Crippen LogP contribution is 2.31. The van der Waals surface area contributed by atoms with Crippen LogP contribution in [0.25, 0.3) is 10.2 Å². The van der Waals surface area contributed by atoms with Gasteiger partial charge in [-0.25, -0.2) is 4.98 Å². The lowest BCUT2D eigenvalue weighted by Gasteiger charge is -2.24. The molecule has 0 spiro atoms. The molecular formula is C17H14Cl2N2O2S. The largest absolute Gasteiger partial charge is 0.478 e. The summed E-state index contributed by atoms with van der Waals surface area (Å²) in [6.07, 6.45) is 0. The molecule has 0 unspecified atom stereocenters. The molecule has 0 atom stereocenters. The minimum absolute atomic E-state index is 0.298. The Morgan fingerprint density at radius 3 is 2.54 bits per heavy atom. The lowest BCUT2D eigenvalue weighted by atomic mass is 10.1. The Bertz CT molecular complexity index is 891. The summed E-state index contributed by atoms with van der Waals surface area (Å²) in [4.78, 5) is 16.9. The molecule has 1 aromatic heterocycles. The minimum Gasteiger partial charge on any atom is -0.478 e. The first-order valence-electron chi connectivity index (χ1n) is 7.16. The highest BCUT2D eigenvalue weighted by Gasteiger charge is 2.30. The van der Waals surface area contributed by atoms with Crippen LogP contribution in [-0.4, -0.2) is 16.5 Å². The fourth-order valence-corrected chi connectivity index (χ4v) is 3.35. The number of halogens is 2. The van der Waals surface area contributed by atoms with Gasteiger partial charge in [0.1, 0.15) is 11.3 Å². The van der Waals surface area contributed by atoms with Crippen molar-refractivity contribution in [3.63, 3.8) is 0 Å². The normalized spacial score (nSPS) is 11.5. The van der Waals surface area contributed by atoms with Crippen LogP contribution in [0.1, 0.15) is 13.8 Å². The van der Waals surface area contributed by atoms with Crippen LogP contribution >= 0.6 is 34.5 Å². The van der Waals surface area contributed by atoms with E-state index in [1.807, 2.05) is 12.1 Å². The number of thiazole rings is 1. The average Bonchev–Trinajstić information content (AvgIpc) is 2.93. The summed E-state index contributed by atoms with van der Waals surface area (Å²) in [6.45, 7) is 3.38. The zero-order valence-corrected chi connectivity index (χ0v) is 15.3. The first kappa shape index (κ1) is 17.0. The summed E-state index contributed by atoms with van der Waals surface area (Å²) in [5.41, 5.74) is -0.397. The van der Waals surface area contributed by atoms with E-state index in [0.717, 1.165) is 4.70 Å². The monoisotopic (exact) mass is 380 g/mol. The summed E-state index contributed by atoms with van der Waals surface area (Å²) in [7, 11) is 0. The fraction of sp³-hybridized carbons (Fsp3) is 0.176. The number of rotatable bonds is 4. The smallest absolute Gasteiger partial charge is 0.269 e. The van der Waals surface area contributed by atoms with E-state index in [1.165, 1.54) is 11.3 Å². The molecule has 0 bridgehead atoms. The van der Waals surface area contributed by atoms with Crippen LogP contribution < -0.4 is 10.1 Å². The molecule has 0 aliphatic rings. The van der Waals surface area contributed by atoms with Crippen LogP contribution in [0, 0.1) is 0 Å². The summed E-state index contributed by atoms with van der Waals surface area (Å²) < 4.78 is 6.68. The van der Waals surface area contributed by atoms with Gasteiger partial charge in [0.2, 0.25) is 0 Å². The molecule has 0 aliphatic heterocycles. The van der Waals surface area contributed by atoms with Gasteiger partial charge in [0.25, 0.3) is 5.91 Å². The second-order valence-electron chi connectivity index (χ2n) is 5.63. The summed E-state index contributed by atoms with van der Waals surface area (Å²) in [6, 6.07) is 12.4. The summed E-state index contributed by atoms with van der Waals surface area (Å²) >= 11 is 13.3. The number of fused-ring (bicyclic) bond motifs is 1. The molecule has 7 heteroatoms. The molecular weight excluding hydrogens is 367 g/mol. The highest BCUT2D eigenvalue weighted by atomic mass is 35.5. The fourth-order valence-electron chi connectivity index (χ4n) is 2.06. The van der Waals surface area contributed by atoms with Crippen molar-refractivity contribution in [3.8, 4) is 5.75 Å². The molecule has 124 valence electrons. The van der Waals surface area contributed by atoms with Crippen molar-refractivity contribution in [2.24, 2.45) is 0 Å². The van der Waals surface area contributed by atoms with Gasteiger partial charge >= 0.3 is 0 Å². The van der Waals surface area contributed by atoms with Crippen molar-refractivity contribution in [3.05, 3.63) is 52.5 Å². The number of anilines is 1. The van der Waals surface area contributed by atoms with E-state index in [9.17, 15) is 4.79 Å². The molecule has 3 rings (SSSR count). The lowest BCUT2D eigenvalue weighted by molar-refractivity contribution is -0.128. The van der Waals surface area contributed by atoms with Gasteiger partial charge < -0.3 is 4.74 Å². The van der Waals surface area contributed by atoms with E-state index >= 15 is 0 Å². The molecule has 4 nitrogen and oxygen atoms in total. The van der Waals surface area contributed by atoms with Crippen molar-refractivity contribution in [1.29, 1.82) is 0 Å². The molecule has 0 radical (unpaired) electrons. The Morgan fingerprint density at radius 2 is 1.88 bits per heavy atom. The molecule has 0 saturated carbocycles. The van der Waals surface area contributed by atoms with Gasteiger partial charge in [0, 0.05) is 5.02 Å². The maximum absolute atomic E-state index is 12.5. The quantitative estimate of drug-likeness (QED) is 0.658. The standard InChI is InChI=1S/C17H14Cl2N2O2S/c1-17(2,23-11-8-6-10(18)7-9-11)15(22)21-16-20-14-12(19)4-3-5-13(14)24-16/h3-9H,1-2H3,(H,20,21,22). The Morgan fingerprint density at radius 1 is 1.17 bits per heavy atom. The molecule has 2 aromatic carbocycles. The third kappa shape index (κ3) is 3.64. The van der Waals surface area contributed by atoms with Gasteiger partial charge in [-0.1, -0.05) is 40.6 Å². The number of hydrogen-bond acceptors (Lipinski definition) is 4. The Hall–Kier alpha value is -1.82. The first-order valence-corrected chi connectivity index (χ1v) is 8.73. The Labute approximate surface area is 153 Å². The number of ether oxygens (including phenoxy) is 1. The molecule has 0 aliphatic carbocycles. The van der Waals surface area contributed by atoms with Gasteiger partial charge in [-0.15, -0.1) is 0 Å². The van der Waals surface area contributed by atoms with Crippen molar-refractivity contribution in [1.82, 2.24) is 4.98 Å². The number of nitrogens with one attached hydrogen (secondary N) is 1. The zero-order valence-electron chi connectivity index (χ0n) is 13.0. The van der Waals surface area contributed by atoms with E-state index in [-0.39, 0.29) is 5.91 Å². The molecule has 1 amide bonds. The van der Waals surface area contributed by atoms with Crippen LogP contribution in [0.2, 0.25) is 10.0 Å². The van der Waals surface area contributed by atoms with Crippen LogP contribution in [0.5, 0.6) is 5.75 Å². The van der Waals surface area contributed by atoms with E-state index in [2.05, 4.69) is 10.3 Å². The first-order chi connectivity index (χ1) is 11.3. The molecule has 1 N–H and O–H groups in total. The topological polar surface area (TPSA) is 51.2 Å². The SMILES string of the molecule is CC(C)(Oc1ccc(Cl)cc1)C(=O)Nc1nc2c(Cl)cccc2s1. The predicted molar refractivity (Wildman–Crippen MR) is 99.4 cm³/mol. The summed E-state index contributed by atoms with van der Waals surface area (Å²) in [5.74, 6) is 0.263. The average molecular weight is 381 g/mol. The molecule has 3 aromatic rings. The van der Waals surface area contributed by atoms with Crippen LogP contribution in [0.15, 0.2) is 42.5 Å². The van der Waals surface area contributed by atoms with Gasteiger partial charge in [0.05, 0.1) is 9.72 Å². The van der Waals surface area contributed by atoms with Gasteiger partial charge in [-0.3, -0.25) is 10.1 Å². The van der Waals surface area contributed by atoms with Gasteiger partial charge in [0.15, 0.2) is 10.7 Å². The van der Waals surface area contributed by atoms with Crippen LogP contribution in [0.3, 0.4) is 0 Å². The third-order valence-corrected chi connectivity index (χ3v) is 4.82. The van der Waals surface area contributed by atoms with E-state index < -0.39 is 5.60 Å². The number of hydrogen-bond donors (Lipinski definition) is 1. The Kier molecular flexibility index (Phi) is 4.67. The molecule has 1 heterocycles. The van der Waals surface area contributed by atoms with Crippen molar-refractivity contribution >= 4 is 55.8 Å². The minimum atomic E-state index is -1.07. The number of carbonyl (C=O) groups is 1. The Balaban J connectivity index is 1.76. The van der Waals surface area contributed by atoms with Gasteiger partial charge in [-0.2, -0.15) is 0 Å². The van der Waals surface area contributed by atoms with Crippen molar-refractivity contribution in [2.45, 2.75) is 19.4 Å². The predicted octanol–water partition coefficient (Wildman–Crippen LogP) is 5.40. The van der Waals surface area contributed by atoms with Crippen molar-refractivity contribution < 1.29 is 9.53 Å². The number of benzene rings is 2. The third-order valence-electron chi connectivity index (χ3n) is 3.32. The molecule has 24 heavy (non-hydrogen) atoms. The molecule has 0 saturated heterocycles. The van der Waals surface area contributed by atoms with Crippen LogP contribution in [0.4, 0.5) is 5.13 Å². The van der Waals surface area contributed by atoms with Gasteiger partial charge in [-0.05, 0) is 50.2 Å². The zero-order chi connectivity index (χ0) is 17.3. The number of carbonyl (C=O) groups excluding carboxylic acids is 1. The highest BCUT2D eigenvalue weighted by molar-refractivity contribution is 7.22. The van der Waals surface area contributed by atoms with Crippen LogP contribution in [-0.2, 0) is 4.79 Å². The van der Waals surface area contributed by atoms with E-state index in [0.29, 0.717) is 26.4 Å².